The Morgan fingerprint density at radius 1 is 1.23 bits per heavy atom. The number of sulfone groups is 1. The van der Waals surface area contributed by atoms with Gasteiger partial charge in [-0.1, -0.05) is 13.8 Å². The van der Waals surface area contributed by atoms with Crippen molar-refractivity contribution in [2.45, 2.75) is 58.8 Å². The minimum atomic E-state index is -3.10. The summed E-state index contributed by atoms with van der Waals surface area (Å²) in [7, 11) is -1.37. The molecule has 0 atom stereocenters. The molecular weight excluding hydrogens is 413 g/mol. The molecule has 1 rings (SSSR count). The molecule has 1 saturated heterocycles. The van der Waals surface area contributed by atoms with E-state index in [-0.39, 0.29) is 40.7 Å². The molecule has 1 heterocycles. The van der Waals surface area contributed by atoms with Gasteiger partial charge in [-0.25, -0.2) is 8.42 Å². The second-order valence-corrected chi connectivity index (χ2v) is 10.8. The van der Waals surface area contributed by atoms with Gasteiger partial charge in [0.25, 0.3) is 0 Å². The summed E-state index contributed by atoms with van der Waals surface area (Å²) in [5.41, 5.74) is 0.236. The van der Waals surface area contributed by atoms with E-state index >= 15 is 0 Å². The average Bonchev–Trinajstić information content (AvgIpc) is 2.31. The molecular formula is C15H32IN3O2S. The second-order valence-electron chi connectivity index (χ2n) is 7.93. The van der Waals surface area contributed by atoms with Crippen LogP contribution >= 0.6 is 24.0 Å². The number of rotatable bonds is 3. The number of nitrogens with one attached hydrogen (secondary N) is 1. The normalized spacial score (nSPS) is 20.9. The van der Waals surface area contributed by atoms with Crippen LogP contribution in [0.1, 0.15) is 48.5 Å². The van der Waals surface area contributed by atoms with Gasteiger partial charge < -0.3 is 10.2 Å². The summed E-state index contributed by atoms with van der Waals surface area (Å²) < 4.78 is 23.5. The summed E-state index contributed by atoms with van der Waals surface area (Å²) in [4.78, 5) is 6.49. The smallest absolute Gasteiger partial charge is 0.194 e. The molecule has 0 unspecified atom stereocenters. The summed E-state index contributed by atoms with van der Waals surface area (Å²) in [6, 6.07) is 0. The van der Waals surface area contributed by atoms with Crippen molar-refractivity contribution >= 4 is 39.8 Å². The molecule has 0 saturated carbocycles. The van der Waals surface area contributed by atoms with E-state index in [9.17, 15) is 8.42 Å². The number of hydrogen-bond acceptors (Lipinski definition) is 3. The van der Waals surface area contributed by atoms with Gasteiger partial charge in [0, 0.05) is 31.1 Å². The lowest BCUT2D eigenvalue weighted by molar-refractivity contribution is -0.0666. The SMILES string of the molecule is CN=C(NCCS(=O)(=O)C(C)(C)C)N1CC(C)(C)C1(C)C.I. The van der Waals surface area contributed by atoms with Gasteiger partial charge >= 0.3 is 0 Å². The molecule has 0 aromatic carbocycles. The predicted octanol–water partition coefficient (Wildman–Crippen LogP) is 2.51. The monoisotopic (exact) mass is 445 g/mol. The summed E-state index contributed by atoms with van der Waals surface area (Å²) >= 11 is 0. The van der Waals surface area contributed by atoms with E-state index in [1.54, 1.807) is 27.8 Å². The van der Waals surface area contributed by atoms with Crippen LogP contribution in [0.3, 0.4) is 0 Å². The topological polar surface area (TPSA) is 61.8 Å². The molecule has 5 nitrogen and oxygen atoms in total. The highest BCUT2D eigenvalue weighted by molar-refractivity contribution is 14.0. The Morgan fingerprint density at radius 2 is 1.73 bits per heavy atom. The molecule has 0 aromatic rings. The maximum Gasteiger partial charge on any atom is 0.194 e. The summed E-state index contributed by atoms with van der Waals surface area (Å²) in [6.07, 6.45) is 0. The first kappa shape index (κ1) is 21.9. The Morgan fingerprint density at radius 3 is 2.05 bits per heavy atom. The Balaban J connectivity index is 0.00000441. The van der Waals surface area contributed by atoms with Crippen LogP contribution in [-0.4, -0.2) is 55.5 Å². The molecule has 1 aliphatic rings. The highest BCUT2D eigenvalue weighted by Gasteiger charge is 2.53. The minimum absolute atomic E-state index is 0. The third kappa shape index (κ3) is 4.07. The van der Waals surface area contributed by atoms with Crippen LogP contribution in [0.15, 0.2) is 4.99 Å². The van der Waals surface area contributed by atoms with Gasteiger partial charge in [0.15, 0.2) is 15.8 Å². The van der Waals surface area contributed by atoms with Crippen LogP contribution < -0.4 is 5.32 Å². The molecule has 0 aromatic heterocycles. The second kappa shape index (κ2) is 6.83. The van der Waals surface area contributed by atoms with Crippen molar-refractivity contribution in [1.29, 1.82) is 0 Å². The standard InChI is InChI=1S/C15H31N3O2S.HI/c1-13(2,3)21(19,20)10-9-17-12(16-8)18-11-14(4,5)15(18,6)7;/h9-11H2,1-8H3,(H,16,17);1H. The van der Waals surface area contributed by atoms with Crippen LogP contribution in [-0.2, 0) is 9.84 Å². The van der Waals surface area contributed by atoms with Gasteiger partial charge in [0.05, 0.1) is 10.5 Å². The number of hydrogen-bond donors (Lipinski definition) is 1. The number of aliphatic imine (C=N–C) groups is 1. The van der Waals surface area contributed by atoms with Gasteiger partial charge in [0.2, 0.25) is 0 Å². The Hall–Kier alpha value is -0.0500. The quantitative estimate of drug-likeness (QED) is 0.412. The van der Waals surface area contributed by atoms with Crippen LogP contribution in [0, 0.1) is 5.41 Å². The largest absolute Gasteiger partial charge is 0.355 e. The Bertz CT molecular complexity index is 519. The molecule has 22 heavy (non-hydrogen) atoms. The van der Waals surface area contributed by atoms with Gasteiger partial charge in [-0.2, -0.15) is 0 Å². The van der Waals surface area contributed by atoms with Crippen LogP contribution in [0.2, 0.25) is 0 Å². The molecule has 1 aliphatic heterocycles. The fourth-order valence-electron chi connectivity index (χ4n) is 2.30. The zero-order valence-corrected chi connectivity index (χ0v) is 18.3. The van der Waals surface area contributed by atoms with Gasteiger partial charge in [-0.15, -0.1) is 24.0 Å². The third-order valence-corrected chi connectivity index (χ3v) is 7.55. The molecule has 0 amide bonds. The maximum atomic E-state index is 12.1. The van der Waals surface area contributed by atoms with Crippen molar-refractivity contribution in [3.05, 3.63) is 0 Å². The van der Waals surface area contributed by atoms with Crippen LogP contribution in [0.4, 0.5) is 0 Å². The van der Waals surface area contributed by atoms with Crippen molar-refractivity contribution in [3.8, 4) is 0 Å². The zero-order valence-electron chi connectivity index (χ0n) is 15.1. The van der Waals surface area contributed by atoms with Crippen molar-refractivity contribution in [3.63, 3.8) is 0 Å². The fourth-order valence-corrected chi connectivity index (χ4v) is 3.28. The Kier molecular flexibility index (Phi) is 6.81. The van der Waals surface area contributed by atoms with Crippen molar-refractivity contribution in [1.82, 2.24) is 10.2 Å². The van der Waals surface area contributed by atoms with E-state index in [4.69, 9.17) is 0 Å². The number of halogens is 1. The highest BCUT2D eigenvalue weighted by atomic mass is 127. The maximum absolute atomic E-state index is 12.1. The molecule has 132 valence electrons. The number of likely N-dealkylation sites (tertiary alicyclic amines) is 1. The van der Waals surface area contributed by atoms with Gasteiger partial charge in [-0.3, -0.25) is 4.99 Å². The first-order valence-electron chi connectivity index (χ1n) is 7.47. The average molecular weight is 445 g/mol. The van der Waals surface area contributed by atoms with Crippen LogP contribution in [0.5, 0.6) is 0 Å². The van der Waals surface area contributed by atoms with E-state index in [0.717, 1.165) is 12.5 Å². The molecule has 0 aliphatic carbocycles. The van der Waals surface area contributed by atoms with Crippen LogP contribution in [0.25, 0.3) is 0 Å². The lowest BCUT2D eigenvalue weighted by atomic mass is 9.65. The molecule has 7 heteroatoms. The lowest BCUT2D eigenvalue weighted by Gasteiger charge is -2.62. The Labute approximate surface area is 153 Å². The lowest BCUT2D eigenvalue weighted by Crippen LogP contribution is -2.72. The highest BCUT2D eigenvalue weighted by Crippen LogP contribution is 2.46. The summed E-state index contributed by atoms with van der Waals surface area (Å²) in [5.74, 6) is 0.899. The van der Waals surface area contributed by atoms with E-state index in [1.165, 1.54) is 0 Å². The third-order valence-electron chi connectivity index (χ3n) is 4.94. The van der Waals surface area contributed by atoms with Gasteiger partial charge in [-0.05, 0) is 34.6 Å². The molecule has 1 fully saturated rings. The predicted molar refractivity (Wildman–Crippen MR) is 105 cm³/mol. The molecule has 0 spiro atoms. The molecule has 1 N–H and O–H groups in total. The van der Waals surface area contributed by atoms with Crippen molar-refractivity contribution in [2.24, 2.45) is 10.4 Å². The minimum Gasteiger partial charge on any atom is -0.355 e. The van der Waals surface area contributed by atoms with E-state index in [2.05, 4.69) is 42.9 Å². The number of nitrogens with zero attached hydrogens (tertiary/aromatic N) is 2. The van der Waals surface area contributed by atoms with E-state index in [0.29, 0.717) is 6.54 Å². The van der Waals surface area contributed by atoms with E-state index < -0.39 is 14.6 Å². The first-order chi connectivity index (χ1) is 9.26. The zero-order chi connectivity index (χ0) is 16.7. The van der Waals surface area contributed by atoms with Gasteiger partial charge in [0.1, 0.15) is 0 Å². The molecule has 0 radical (unpaired) electrons. The first-order valence-corrected chi connectivity index (χ1v) is 9.12. The molecule has 0 bridgehead atoms. The summed E-state index contributed by atoms with van der Waals surface area (Å²) in [6.45, 7) is 15.4. The fraction of sp³-hybridized carbons (Fsp3) is 0.933. The van der Waals surface area contributed by atoms with Crippen molar-refractivity contribution < 1.29 is 8.42 Å². The van der Waals surface area contributed by atoms with Crippen molar-refractivity contribution in [2.75, 3.05) is 25.9 Å². The summed E-state index contributed by atoms with van der Waals surface area (Å²) in [5, 5.41) is 3.19. The van der Waals surface area contributed by atoms with E-state index in [1.807, 2.05) is 0 Å². The number of guanidine groups is 1.